The van der Waals surface area contributed by atoms with Crippen molar-refractivity contribution < 1.29 is 24.5 Å². The Hall–Kier alpha value is -3.13. The van der Waals surface area contributed by atoms with E-state index in [2.05, 4.69) is 30.4 Å². The lowest BCUT2D eigenvalue weighted by atomic mass is 9.85. The number of carbonyl (C=O) groups is 2. The van der Waals surface area contributed by atoms with Crippen LogP contribution in [0.15, 0.2) is 36.5 Å². The Bertz CT molecular complexity index is 970. The van der Waals surface area contributed by atoms with E-state index in [1.54, 1.807) is 7.11 Å². The van der Waals surface area contributed by atoms with E-state index >= 15 is 0 Å². The minimum atomic E-state index is -1.26. The zero-order valence-electron chi connectivity index (χ0n) is 20.8. The first kappa shape index (κ1) is 28.1. The fourth-order valence-corrected chi connectivity index (χ4v) is 4.47. The first-order valence-electron chi connectivity index (χ1n) is 12.4. The van der Waals surface area contributed by atoms with Gasteiger partial charge in [-0.15, -0.1) is 0 Å². The summed E-state index contributed by atoms with van der Waals surface area (Å²) >= 11 is 0. The molecule has 8 heteroatoms. The standard InChI is InChI=1S/C23H35N3O.C4H4O4/c1-17(7-6-13-24)26-22-16-20(27-2)15-21-19(12-14-25-23(21)22)11-10-18-8-4-3-5-9-18;5-3(6)1-2-4(7)8/h12,14-18,26H,3-11,13,24H2,1-2H3;1-2H,(H,5,6)(H,7,8)/b;2-1+. The second kappa shape index (κ2) is 15.0. The summed E-state index contributed by atoms with van der Waals surface area (Å²) in [4.78, 5) is 23.8. The number of aliphatic carboxylic acids is 2. The molecule has 1 atom stereocenters. The smallest absolute Gasteiger partial charge is 0.328 e. The Kier molecular flexibility index (Phi) is 12.0. The van der Waals surface area contributed by atoms with Crippen LogP contribution in [0.25, 0.3) is 10.9 Å². The van der Waals surface area contributed by atoms with Gasteiger partial charge in [0, 0.05) is 35.8 Å². The molecule has 0 radical (unpaired) electrons. The fourth-order valence-electron chi connectivity index (χ4n) is 4.47. The molecule has 1 fully saturated rings. The molecule has 0 bridgehead atoms. The van der Waals surface area contributed by atoms with Crippen LogP contribution in [-0.2, 0) is 16.0 Å². The van der Waals surface area contributed by atoms with E-state index in [4.69, 9.17) is 25.7 Å². The number of nitrogens with one attached hydrogen (secondary N) is 1. The van der Waals surface area contributed by atoms with Crippen LogP contribution in [0.4, 0.5) is 5.69 Å². The van der Waals surface area contributed by atoms with Crippen molar-refractivity contribution in [2.45, 2.75) is 70.8 Å². The molecule has 1 aliphatic rings. The van der Waals surface area contributed by atoms with Gasteiger partial charge in [-0.2, -0.15) is 0 Å². The molecule has 0 aliphatic heterocycles. The number of carboxylic acids is 2. The summed E-state index contributed by atoms with van der Waals surface area (Å²) in [5.41, 5.74) is 9.17. The van der Waals surface area contributed by atoms with Crippen molar-refractivity contribution in [3.05, 3.63) is 42.1 Å². The van der Waals surface area contributed by atoms with Crippen LogP contribution in [0.1, 0.15) is 63.9 Å². The lowest BCUT2D eigenvalue weighted by Crippen LogP contribution is -2.17. The quantitative estimate of drug-likeness (QED) is 0.326. The number of hydrogen-bond donors (Lipinski definition) is 4. The second-order valence-corrected chi connectivity index (χ2v) is 9.07. The van der Waals surface area contributed by atoms with Crippen LogP contribution < -0.4 is 15.8 Å². The fraction of sp³-hybridized carbons (Fsp3) is 0.519. The van der Waals surface area contributed by atoms with Crippen molar-refractivity contribution in [1.29, 1.82) is 0 Å². The number of methoxy groups -OCH3 is 1. The number of pyridine rings is 1. The van der Waals surface area contributed by atoms with E-state index in [-0.39, 0.29) is 0 Å². The van der Waals surface area contributed by atoms with Gasteiger partial charge in [-0.3, -0.25) is 4.98 Å². The second-order valence-electron chi connectivity index (χ2n) is 9.07. The Labute approximate surface area is 207 Å². The van der Waals surface area contributed by atoms with Gasteiger partial charge < -0.3 is 26.0 Å². The highest BCUT2D eigenvalue weighted by atomic mass is 16.5. The monoisotopic (exact) mass is 485 g/mol. The topological polar surface area (TPSA) is 135 Å². The van der Waals surface area contributed by atoms with Gasteiger partial charge in [0.2, 0.25) is 0 Å². The number of ether oxygens (including phenoxy) is 1. The van der Waals surface area contributed by atoms with Crippen LogP contribution in [0.3, 0.4) is 0 Å². The summed E-state index contributed by atoms with van der Waals surface area (Å²) in [7, 11) is 1.74. The Morgan fingerprint density at radius 1 is 1.20 bits per heavy atom. The van der Waals surface area contributed by atoms with Gasteiger partial charge in [0.05, 0.1) is 18.3 Å². The average molecular weight is 486 g/mol. The highest BCUT2D eigenvalue weighted by molar-refractivity contribution is 5.94. The van der Waals surface area contributed by atoms with Gasteiger partial charge in [0.1, 0.15) is 5.75 Å². The molecule has 1 saturated carbocycles. The average Bonchev–Trinajstić information content (AvgIpc) is 2.86. The number of nitrogens with zero attached hydrogens (tertiary/aromatic N) is 1. The summed E-state index contributed by atoms with van der Waals surface area (Å²) in [5.74, 6) is -0.732. The molecule has 2 aromatic rings. The van der Waals surface area contributed by atoms with E-state index < -0.39 is 11.9 Å². The molecular weight excluding hydrogens is 446 g/mol. The van der Waals surface area contributed by atoms with E-state index in [0.717, 1.165) is 48.7 Å². The van der Waals surface area contributed by atoms with Gasteiger partial charge in [0.15, 0.2) is 0 Å². The minimum Gasteiger partial charge on any atom is -0.497 e. The SMILES string of the molecule is COc1cc(NC(C)CCCN)c2nccc(CCC3CCCCC3)c2c1.O=C(O)/C=C/C(=O)O. The van der Waals surface area contributed by atoms with Gasteiger partial charge in [-0.25, -0.2) is 9.59 Å². The third-order valence-corrected chi connectivity index (χ3v) is 6.30. The Morgan fingerprint density at radius 2 is 1.89 bits per heavy atom. The third-order valence-electron chi connectivity index (χ3n) is 6.30. The van der Waals surface area contributed by atoms with Gasteiger partial charge in [0.25, 0.3) is 0 Å². The summed E-state index contributed by atoms with van der Waals surface area (Å²) in [6, 6.07) is 6.76. The van der Waals surface area contributed by atoms with E-state index in [0.29, 0.717) is 18.2 Å². The van der Waals surface area contributed by atoms with Crippen molar-refractivity contribution >= 4 is 28.5 Å². The molecule has 1 aliphatic carbocycles. The molecule has 5 N–H and O–H groups in total. The maximum Gasteiger partial charge on any atom is 0.328 e. The van der Waals surface area contributed by atoms with Crippen LogP contribution in [0.2, 0.25) is 0 Å². The summed E-state index contributed by atoms with van der Waals surface area (Å²) in [5, 5.41) is 20.5. The number of benzene rings is 1. The summed E-state index contributed by atoms with van der Waals surface area (Å²) < 4.78 is 5.59. The molecule has 0 saturated heterocycles. The van der Waals surface area contributed by atoms with Crippen LogP contribution in [-0.4, -0.2) is 46.8 Å². The predicted molar refractivity (Wildman–Crippen MR) is 139 cm³/mol. The zero-order valence-corrected chi connectivity index (χ0v) is 20.8. The molecule has 1 heterocycles. The first-order chi connectivity index (χ1) is 16.8. The number of anilines is 1. The highest BCUT2D eigenvalue weighted by Crippen LogP contribution is 2.33. The van der Waals surface area contributed by atoms with E-state index in [1.165, 1.54) is 49.5 Å². The molecule has 1 aromatic heterocycles. The van der Waals surface area contributed by atoms with Gasteiger partial charge >= 0.3 is 11.9 Å². The Morgan fingerprint density at radius 3 is 2.49 bits per heavy atom. The molecule has 3 rings (SSSR count). The van der Waals surface area contributed by atoms with E-state index in [9.17, 15) is 9.59 Å². The number of fused-ring (bicyclic) bond motifs is 1. The molecule has 0 spiro atoms. The molecule has 35 heavy (non-hydrogen) atoms. The van der Waals surface area contributed by atoms with Gasteiger partial charge in [-0.05, 0) is 62.8 Å². The predicted octanol–water partition coefficient (Wildman–Crippen LogP) is 5.01. The molecule has 0 amide bonds. The minimum absolute atomic E-state index is 0.358. The molecule has 1 unspecified atom stereocenters. The van der Waals surface area contributed by atoms with Gasteiger partial charge in [-0.1, -0.05) is 32.1 Å². The van der Waals surface area contributed by atoms with Crippen LogP contribution in [0.5, 0.6) is 5.75 Å². The van der Waals surface area contributed by atoms with E-state index in [1.807, 2.05) is 6.20 Å². The van der Waals surface area contributed by atoms with Crippen molar-refractivity contribution in [2.24, 2.45) is 11.7 Å². The molecule has 8 nitrogen and oxygen atoms in total. The zero-order chi connectivity index (χ0) is 25.6. The first-order valence-corrected chi connectivity index (χ1v) is 12.4. The van der Waals surface area contributed by atoms with Crippen molar-refractivity contribution in [3.63, 3.8) is 0 Å². The largest absolute Gasteiger partial charge is 0.497 e. The highest BCUT2D eigenvalue weighted by Gasteiger charge is 2.16. The van der Waals surface area contributed by atoms with Crippen LogP contribution in [0, 0.1) is 5.92 Å². The van der Waals surface area contributed by atoms with Crippen molar-refractivity contribution in [2.75, 3.05) is 19.0 Å². The maximum atomic E-state index is 9.55. The number of carboxylic acid groups (broad SMARTS) is 2. The number of aryl methyl sites for hydroxylation is 1. The number of aromatic nitrogens is 1. The Balaban J connectivity index is 0.000000466. The van der Waals surface area contributed by atoms with Crippen molar-refractivity contribution in [3.8, 4) is 5.75 Å². The molecule has 1 aromatic carbocycles. The normalized spacial score (nSPS) is 14.8. The lowest BCUT2D eigenvalue weighted by molar-refractivity contribution is -0.134. The number of hydrogen-bond acceptors (Lipinski definition) is 6. The third kappa shape index (κ3) is 9.94. The molecule has 192 valence electrons. The van der Waals surface area contributed by atoms with Crippen LogP contribution >= 0.6 is 0 Å². The lowest BCUT2D eigenvalue weighted by Gasteiger charge is -2.22. The van der Waals surface area contributed by atoms with Crippen molar-refractivity contribution in [1.82, 2.24) is 4.98 Å². The number of rotatable bonds is 11. The summed E-state index contributed by atoms with van der Waals surface area (Å²) in [6.07, 6.45) is 14.6. The number of nitrogens with two attached hydrogens (primary N) is 1. The molecular formula is C27H39N3O5. The summed E-state index contributed by atoms with van der Waals surface area (Å²) in [6.45, 7) is 2.93. The maximum absolute atomic E-state index is 9.55.